The Balaban J connectivity index is 1.52. The van der Waals surface area contributed by atoms with Gasteiger partial charge in [-0.05, 0) is 18.1 Å². The first-order valence-electron chi connectivity index (χ1n) is 9.75. The van der Waals surface area contributed by atoms with E-state index in [1.807, 2.05) is 35.7 Å². The van der Waals surface area contributed by atoms with Crippen molar-refractivity contribution < 1.29 is 14.6 Å². The van der Waals surface area contributed by atoms with Crippen molar-refractivity contribution in [1.82, 2.24) is 9.97 Å². The molecule has 4 rings (SSSR count). The molecule has 7 nitrogen and oxygen atoms in total. The number of pyridine rings is 1. The molecule has 0 aliphatic carbocycles. The number of carbonyl (C=O) groups excluding carboxylic acids is 1. The minimum Gasteiger partial charge on any atom is -0.396 e. The van der Waals surface area contributed by atoms with Crippen LogP contribution in [0.15, 0.2) is 53.0 Å². The summed E-state index contributed by atoms with van der Waals surface area (Å²) >= 11 is 1.46. The van der Waals surface area contributed by atoms with Gasteiger partial charge in [0, 0.05) is 30.3 Å². The summed E-state index contributed by atoms with van der Waals surface area (Å²) in [4.78, 5) is 26.4. The van der Waals surface area contributed by atoms with Gasteiger partial charge >= 0.3 is 0 Å². The second-order valence-electron chi connectivity index (χ2n) is 6.85. The molecule has 0 radical (unpaired) electrons. The molecule has 3 heterocycles. The van der Waals surface area contributed by atoms with Crippen molar-refractivity contribution in [2.24, 2.45) is 4.99 Å². The van der Waals surface area contributed by atoms with Crippen molar-refractivity contribution in [3.05, 3.63) is 59.1 Å². The fourth-order valence-electron chi connectivity index (χ4n) is 3.14. The fourth-order valence-corrected chi connectivity index (χ4v) is 3.86. The molecule has 154 valence electrons. The molecule has 2 N–H and O–H groups in total. The zero-order chi connectivity index (χ0) is 20.8. The molecule has 30 heavy (non-hydrogen) atoms. The van der Waals surface area contributed by atoms with Crippen LogP contribution in [0.25, 0.3) is 11.4 Å². The van der Waals surface area contributed by atoms with Gasteiger partial charge in [-0.25, -0.2) is 4.98 Å². The third-order valence-corrected chi connectivity index (χ3v) is 5.40. The molecule has 1 aromatic carbocycles. The number of hydrogen-bond acceptors (Lipinski definition) is 8. The van der Waals surface area contributed by atoms with Crippen molar-refractivity contribution in [2.45, 2.75) is 19.4 Å². The van der Waals surface area contributed by atoms with Crippen molar-refractivity contribution in [1.29, 1.82) is 0 Å². The van der Waals surface area contributed by atoms with Crippen molar-refractivity contribution in [3.8, 4) is 11.4 Å². The number of carbonyl (C=O) groups is 1. The zero-order valence-corrected chi connectivity index (χ0v) is 17.2. The molecule has 0 saturated carbocycles. The van der Waals surface area contributed by atoms with E-state index in [-0.39, 0.29) is 18.8 Å². The predicted molar refractivity (Wildman–Crippen MR) is 118 cm³/mol. The van der Waals surface area contributed by atoms with E-state index in [1.54, 1.807) is 12.3 Å². The second kappa shape index (κ2) is 9.71. The van der Waals surface area contributed by atoms with Gasteiger partial charge in [-0.15, -0.1) is 11.3 Å². The number of fused-ring (bicyclic) bond motifs is 1. The molecule has 1 aliphatic heterocycles. The number of hydrogen-bond donors (Lipinski definition) is 2. The molecule has 0 unspecified atom stereocenters. The third-order valence-electron chi connectivity index (χ3n) is 4.60. The summed E-state index contributed by atoms with van der Waals surface area (Å²) in [6.07, 6.45) is 2.52. The first-order chi connectivity index (χ1) is 14.7. The predicted octanol–water partition coefficient (Wildman–Crippen LogP) is 3.88. The number of aromatic nitrogens is 2. The lowest BCUT2D eigenvalue weighted by Crippen LogP contribution is -2.18. The third kappa shape index (κ3) is 4.79. The molecule has 0 fully saturated rings. The maximum Gasteiger partial charge on any atom is 0.183 e. The summed E-state index contributed by atoms with van der Waals surface area (Å²) in [5.41, 5.74) is 4.15. The quantitative estimate of drug-likeness (QED) is 0.508. The average Bonchev–Trinajstić information content (AvgIpc) is 3.23. The Kier molecular flexibility index (Phi) is 6.58. The second-order valence-corrected chi connectivity index (χ2v) is 7.71. The number of ether oxygens (including phenoxy) is 1. The monoisotopic (exact) mass is 422 g/mol. The van der Waals surface area contributed by atoms with Gasteiger partial charge in [0.2, 0.25) is 0 Å². The number of Topliss-reactive ketones (excluding diaryl/α,β-unsaturated/α-hetero) is 1. The van der Waals surface area contributed by atoms with E-state index in [2.05, 4.69) is 15.3 Å². The van der Waals surface area contributed by atoms with Gasteiger partial charge in [0.15, 0.2) is 10.9 Å². The van der Waals surface area contributed by atoms with Crippen LogP contribution in [0.3, 0.4) is 0 Å². The van der Waals surface area contributed by atoms with Crippen LogP contribution in [0.2, 0.25) is 0 Å². The van der Waals surface area contributed by atoms with E-state index < -0.39 is 0 Å². The highest BCUT2D eigenvalue weighted by molar-refractivity contribution is 7.14. The molecule has 3 aromatic rings. The summed E-state index contributed by atoms with van der Waals surface area (Å²) in [5, 5.41) is 14.7. The molecule has 0 bridgehead atoms. The highest BCUT2D eigenvalue weighted by Gasteiger charge is 2.24. The minimum absolute atomic E-state index is 0.0125. The Bertz CT molecular complexity index is 1050. The lowest BCUT2D eigenvalue weighted by molar-refractivity contribution is 0.0993. The fraction of sp³-hybridized carbons (Fsp3) is 0.273. The lowest BCUT2D eigenvalue weighted by Gasteiger charge is -2.16. The number of benzene rings is 1. The van der Waals surface area contributed by atoms with E-state index in [4.69, 9.17) is 14.8 Å². The van der Waals surface area contributed by atoms with Crippen LogP contribution in [0.1, 0.15) is 28.8 Å². The van der Waals surface area contributed by atoms with Gasteiger partial charge in [0.25, 0.3) is 0 Å². The summed E-state index contributed by atoms with van der Waals surface area (Å²) < 4.78 is 5.78. The maximum atomic E-state index is 12.7. The van der Waals surface area contributed by atoms with Gasteiger partial charge in [-0.3, -0.25) is 14.8 Å². The standard InChI is InChI=1S/C22H22N4O3S/c27-10-4-8-24-22-26-18(14-30-22)21-20-17(7-9-23-21)19(28)11-16(25-20)13-29-12-15-5-2-1-3-6-15/h1-3,5-7,9,14,27H,4,8,10-13H2,(H,24,26). The largest absolute Gasteiger partial charge is 0.396 e. The normalized spacial score (nSPS) is 13.1. The van der Waals surface area contributed by atoms with Crippen LogP contribution < -0.4 is 5.32 Å². The smallest absolute Gasteiger partial charge is 0.183 e. The summed E-state index contributed by atoms with van der Waals surface area (Å²) in [6.45, 7) is 1.53. The number of nitrogens with zero attached hydrogens (tertiary/aromatic N) is 3. The molecule has 0 saturated heterocycles. The van der Waals surface area contributed by atoms with E-state index in [1.165, 1.54) is 11.3 Å². The Morgan fingerprint density at radius 3 is 2.87 bits per heavy atom. The van der Waals surface area contributed by atoms with E-state index in [0.29, 0.717) is 54.5 Å². The number of rotatable bonds is 9. The lowest BCUT2D eigenvalue weighted by atomic mass is 9.99. The molecule has 2 aromatic heterocycles. The highest BCUT2D eigenvalue weighted by Crippen LogP contribution is 2.36. The summed E-state index contributed by atoms with van der Waals surface area (Å²) in [7, 11) is 0. The highest BCUT2D eigenvalue weighted by atomic mass is 32.1. The molecule has 8 heteroatoms. The Labute approximate surface area is 178 Å². The van der Waals surface area contributed by atoms with Crippen LogP contribution in [0.5, 0.6) is 0 Å². The van der Waals surface area contributed by atoms with Gasteiger partial charge < -0.3 is 15.2 Å². The maximum absolute atomic E-state index is 12.7. The SMILES string of the molecule is O=C1CC(COCc2ccccc2)=Nc2c1ccnc2-c1csc(NCCCO)n1. The molecule has 1 aliphatic rings. The summed E-state index contributed by atoms with van der Waals surface area (Å²) in [6, 6.07) is 11.6. The Hall–Kier alpha value is -2.94. The molecule has 0 spiro atoms. The molecular weight excluding hydrogens is 400 g/mol. The van der Waals surface area contributed by atoms with Gasteiger partial charge in [0.1, 0.15) is 17.1 Å². The number of ketones is 1. The number of aliphatic hydroxyl groups excluding tert-OH is 1. The number of thiazole rings is 1. The summed E-state index contributed by atoms with van der Waals surface area (Å²) in [5.74, 6) is 0.0125. The number of aliphatic hydroxyl groups is 1. The number of nitrogens with one attached hydrogen (secondary N) is 1. The van der Waals surface area contributed by atoms with E-state index >= 15 is 0 Å². The zero-order valence-electron chi connectivity index (χ0n) is 16.4. The van der Waals surface area contributed by atoms with Crippen LogP contribution in [-0.4, -0.2) is 46.3 Å². The van der Waals surface area contributed by atoms with Crippen LogP contribution in [0.4, 0.5) is 10.8 Å². The first kappa shape index (κ1) is 20.3. The topological polar surface area (TPSA) is 96.7 Å². The van der Waals surface area contributed by atoms with E-state index in [0.717, 1.165) is 10.7 Å². The van der Waals surface area contributed by atoms with Crippen molar-refractivity contribution in [3.63, 3.8) is 0 Å². The van der Waals surface area contributed by atoms with Crippen LogP contribution in [0, 0.1) is 0 Å². The van der Waals surface area contributed by atoms with Gasteiger partial charge in [-0.1, -0.05) is 30.3 Å². The number of aliphatic imine (C=N–C) groups is 1. The first-order valence-corrected chi connectivity index (χ1v) is 10.6. The number of anilines is 1. The van der Waals surface area contributed by atoms with Crippen LogP contribution >= 0.6 is 11.3 Å². The molecular formula is C22H22N4O3S. The van der Waals surface area contributed by atoms with Gasteiger partial charge in [-0.2, -0.15) is 0 Å². The van der Waals surface area contributed by atoms with Crippen molar-refractivity contribution >= 4 is 33.7 Å². The average molecular weight is 423 g/mol. The Morgan fingerprint density at radius 2 is 2.03 bits per heavy atom. The van der Waals surface area contributed by atoms with Crippen LogP contribution in [-0.2, 0) is 11.3 Å². The molecule has 0 amide bonds. The minimum atomic E-state index is 0.0125. The van der Waals surface area contributed by atoms with Crippen molar-refractivity contribution in [2.75, 3.05) is 25.1 Å². The van der Waals surface area contributed by atoms with E-state index in [9.17, 15) is 4.79 Å². The molecule has 0 atom stereocenters. The Morgan fingerprint density at radius 1 is 1.17 bits per heavy atom. The van der Waals surface area contributed by atoms with Gasteiger partial charge in [0.05, 0.1) is 25.3 Å².